The van der Waals surface area contributed by atoms with Gasteiger partial charge in [-0.2, -0.15) is 0 Å². The zero-order valence-corrected chi connectivity index (χ0v) is 9.71. The van der Waals surface area contributed by atoms with Gasteiger partial charge in [0.2, 0.25) is 0 Å². The molecule has 1 fully saturated rings. The van der Waals surface area contributed by atoms with E-state index < -0.39 is 17.9 Å². The molecule has 1 aliphatic heterocycles. The second-order valence-electron chi connectivity index (χ2n) is 3.56. The number of aryl methyl sites for hydroxylation is 1. The molecule has 1 aromatic rings. The van der Waals surface area contributed by atoms with Gasteiger partial charge in [0, 0.05) is 4.47 Å². The average Bonchev–Trinajstić information content (AvgIpc) is 2.50. The van der Waals surface area contributed by atoms with Crippen molar-refractivity contribution in [2.45, 2.75) is 19.3 Å². The molecule has 1 unspecified atom stereocenters. The van der Waals surface area contributed by atoms with Gasteiger partial charge in [0.1, 0.15) is 0 Å². The van der Waals surface area contributed by atoms with Crippen LogP contribution in [0.15, 0.2) is 22.7 Å². The van der Waals surface area contributed by atoms with Crippen LogP contribution in [-0.4, -0.2) is 11.9 Å². The molecule has 0 aliphatic carbocycles. The summed E-state index contributed by atoms with van der Waals surface area (Å²) < 4.78 is 5.44. The standard InChI is InChI=1S/C11H9BrO3/c1-6-2-3-7(4-9(6)12)8-5-10(13)15-11(8)14/h2-4,8H,5H2,1H3. The molecule has 78 valence electrons. The highest BCUT2D eigenvalue weighted by atomic mass is 79.9. The first kappa shape index (κ1) is 10.4. The summed E-state index contributed by atoms with van der Waals surface area (Å²) >= 11 is 3.39. The maximum atomic E-state index is 11.3. The second kappa shape index (κ2) is 3.77. The molecular formula is C11H9BrO3. The Hall–Kier alpha value is -1.16. The zero-order valence-electron chi connectivity index (χ0n) is 8.12. The van der Waals surface area contributed by atoms with Gasteiger partial charge in [0.25, 0.3) is 0 Å². The molecular weight excluding hydrogens is 260 g/mol. The topological polar surface area (TPSA) is 43.4 Å². The van der Waals surface area contributed by atoms with Gasteiger partial charge in [-0.3, -0.25) is 9.59 Å². The molecule has 1 saturated heterocycles. The molecule has 1 heterocycles. The van der Waals surface area contributed by atoms with Gasteiger partial charge in [-0.15, -0.1) is 0 Å². The van der Waals surface area contributed by atoms with E-state index in [4.69, 9.17) is 0 Å². The summed E-state index contributed by atoms with van der Waals surface area (Å²) in [4.78, 5) is 22.3. The largest absolute Gasteiger partial charge is 0.393 e. The van der Waals surface area contributed by atoms with E-state index in [-0.39, 0.29) is 6.42 Å². The molecule has 0 spiro atoms. The third-order valence-corrected chi connectivity index (χ3v) is 3.32. The predicted octanol–water partition coefficient (Wildman–Crippen LogP) is 2.31. The van der Waals surface area contributed by atoms with Crippen molar-refractivity contribution in [3.05, 3.63) is 33.8 Å². The van der Waals surface area contributed by atoms with Crippen LogP contribution < -0.4 is 0 Å². The van der Waals surface area contributed by atoms with Crippen LogP contribution in [0.3, 0.4) is 0 Å². The van der Waals surface area contributed by atoms with Crippen molar-refractivity contribution >= 4 is 27.9 Å². The molecule has 1 aromatic carbocycles. The predicted molar refractivity (Wildman–Crippen MR) is 57.3 cm³/mol. The molecule has 0 radical (unpaired) electrons. The highest BCUT2D eigenvalue weighted by molar-refractivity contribution is 9.10. The highest BCUT2D eigenvalue weighted by Crippen LogP contribution is 2.30. The summed E-state index contributed by atoms with van der Waals surface area (Å²) in [6.07, 6.45) is 0.147. The van der Waals surface area contributed by atoms with Crippen molar-refractivity contribution in [2.24, 2.45) is 0 Å². The average molecular weight is 269 g/mol. The maximum Gasteiger partial charge on any atom is 0.321 e. The molecule has 2 rings (SSSR count). The zero-order chi connectivity index (χ0) is 11.0. The van der Waals surface area contributed by atoms with Crippen molar-refractivity contribution < 1.29 is 14.3 Å². The van der Waals surface area contributed by atoms with Crippen LogP contribution in [-0.2, 0) is 14.3 Å². The fourth-order valence-electron chi connectivity index (χ4n) is 1.55. The normalized spacial score (nSPS) is 20.5. The van der Waals surface area contributed by atoms with Gasteiger partial charge >= 0.3 is 11.9 Å². The Morgan fingerprint density at radius 1 is 1.40 bits per heavy atom. The minimum Gasteiger partial charge on any atom is -0.393 e. The molecule has 0 bridgehead atoms. The Bertz CT molecular complexity index is 439. The summed E-state index contributed by atoms with van der Waals surface area (Å²) in [7, 11) is 0. The van der Waals surface area contributed by atoms with Crippen LogP contribution in [0.4, 0.5) is 0 Å². The number of ether oxygens (including phenoxy) is 1. The van der Waals surface area contributed by atoms with E-state index in [1.165, 1.54) is 0 Å². The smallest absolute Gasteiger partial charge is 0.321 e. The summed E-state index contributed by atoms with van der Waals surface area (Å²) in [6.45, 7) is 1.96. The van der Waals surface area contributed by atoms with Crippen LogP contribution >= 0.6 is 15.9 Å². The Balaban J connectivity index is 2.34. The maximum absolute atomic E-state index is 11.3. The van der Waals surface area contributed by atoms with Crippen molar-refractivity contribution in [1.29, 1.82) is 0 Å². The van der Waals surface area contributed by atoms with Crippen molar-refractivity contribution in [2.75, 3.05) is 0 Å². The number of carbonyl (C=O) groups excluding carboxylic acids is 2. The number of halogens is 1. The van der Waals surface area contributed by atoms with Gasteiger partial charge in [-0.25, -0.2) is 0 Å². The molecule has 3 nitrogen and oxygen atoms in total. The monoisotopic (exact) mass is 268 g/mol. The summed E-state index contributed by atoms with van der Waals surface area (Å²) in [5, 5.41) is 0. The van der Waals surface area contributed by atoms with E-state index in [0.717, 1.165) is 15.6 Å². The van der Waals surface area contributed by atoms with Crippen molar-refractivity contribution in [3.63, 3.8) is 0 Å². The lowest BCUT2D eigenvalue weighted by Crippen LogP contribution is -2.05. The number of hydrogen-bond acceptors (Lipinski definition) is 3. The number of esters is 2. The van der Waals surface area contributed by atoms with Crippen molar-refractivity contribution in [3.8, 4) is 0 Å². The van der Waals surface area contributed by atoms with E-state index >= 15 is 0 Å². The Kier molecular flexibility index (Phi) is 2.61. The van der Waals surface area contributed by atoms with Crippen LogP contribution in [0.25, 0.3) is 0 Å². The fraction of sp³-hybridized carbons (Fsp3) is 0.273. The van der Waals surface area contributed by atoms with Gasteiger partial charge in [-0.05, 0) is 24.1 Å². The summed E-state index contributed by atoms with van der Waals surface area (Å²) in [6, 6.07) is 5.62. The third-order valence-electron chi connectivity index (χ3n) is 2.47. The van der Waals surface area contributed by atoms with E-state index in [1.807, 2.05) is 25.1 Å². The lowest BCUT2D eigenvalue weighted by Gasteiger charge is -2.06. The molecule has 0 aromatic heterocycles. The van der Waals surface area contributed by atoms with Gasteiger partial charge in [-0.1, -0.05) is 28.1 Å². The van der Waals surface area contributed by atoms with Gasteiger partial charge < -0.3 is 4.74 Å². The van der Waals surface area contributed by atoms with E-state index in [0.29, 0.717) is 0 Å². The molecule has 0 saturated carbocycles. The third kappa shape index (κ3) is 1.95. The molecule has 0 amide bonds. The Morgan fingerprint density at radius 3 is 2.67 bits per heavy atom. The number of hydrogen-bond donors (Lipinski definition) is 0. The van der Waals surface area contributed by atoms with E-state index in [2.05, 4.69) is 20.7 Å². The number of rotatable bonds is 1. The quantitative estimate of drug-likeness (QED) is 0.580. The van der Waals surface area contributed by atoms with E-state index in [9.17, 15) is 9.59 Å². The molecule has 15 heavy (non-hydrogen) atoms. The minimum atomic E-state index is -0.448. The van der Waals surface area contributed by atoms with Crippen LogP contribution in [0.2, 0.25) is 0 Å². The number of cyclic esters (lactones) is 2. The Labute approximate surface area is 95.6 Å². The first-order valence-corrected chi connectivity index (χ1v) is 5.38. The lowest BCUT2D eigenvalue weighted by atomic mass is 9.97. The minimum absolute atomic E-state index is 0.147. The van der Waals surface area contributed by atoms with Gasteiger partial charge in [0.15, 0.2) is 0 Å². The molecule has 1 atom stereocenters. The second-order valence-corrected chi connectivity index (χ2v) is 4.41. The van der Waals surface area contributed by atoms with Crippen LogP contribution in [0.1, 0.15) is 23.5 Å². The number of carbonyl (C=O) groups is 2. The van der Waals surface area contributed by atoms with E-state index in [1.54, 1.807) is 0 Å². The van der Waals surface area contributed by atoms with Crippen LogP contribution in [0.5, 0.6) is 0 Å². The number of benzene rings is 1. The van der Waals surface area contributed by atoms with Crippen LogP contribution in [0, 0.1) is 6.92 Å². The highest BCUT2D eigenvalue weighted by Gasteiger charge is 2.34. The fourth-order valence-corrected chi connectivity index (χ4v) is 1.95. The molecule has 4 heteroatoms. The molecule has 1 aliphatic rings. The SMILES string of the molecule is Cc1ccc(C2CC(=O)OC2=O)cc1Br. The lowest BCUT2D eigenvalue weighted by molar-refractivity contribution is -0.152. The summed E-state index contributed by atoms with van der Waals surface area (Å²) in [5.74, 6) is -1.33. The first-order valence-electron chi connectivity index (χ1n) is 4.58. The molecule has 0 N–H and O–H groups in total. The summed E-state index contributed by atoms with van der Waals surface area (Å²) in [5.41, 5.74) is 1.92. The van der Waals surface area contributed by atoms with Gasteiger partial charge in [0.05, 0.1) is 12.3 Å². The van der Waals surface area contributed by atoms with Crippen molar-refractivity contribution in [1.82, 2.24) is 0 Å². The Morgan fingerprint density at radius 2 is 2.13 bits per heavy atom. The first-order chi connectivity index (χ1) is 7.08.